The van der Waals surface area contributed by atoms with E-state index < -0.39 is 11.9 Å². The third-order valence-electron chi connectivity index (χ3n) is 4.92. The van der Waals surface area contributed by atoms with Crippen molar-refractivity contribution >= 4 is 11.5 Å². The number of hydrogen-bond acceptors (Lipinski definition) is 3. The Morgan fingerprint density at radius 1 is 1.09 bits per heavy atom. The summed E-state index contributed by atoms with van der Waals surface area (Å²) in [6.45, 7) is 1.76. The van der Waals surface area contributed by atoms with Gasteiger partial charge in [0, 0.05) is 31.7 Å². The minimum atomic E-state index is -4.43. The molecule has 2 unspecified atom stereocenters. The van der Waals surface area contributed by atoms with E-state index in [0.717, 1.165) is 19.3 Å². The highest BCUT2D eigenvalue weighted by Crippen LogP contribution is 2.38. The molecule has 0 spiro atoms. The first-order valence-corrected chi connectivity index (χ1v) is 7.68. The lowest BCUT2D eigenvalue weighted by Gasteiger charge is -2.22. The fourth-order valence-corrected chi connectivity index (χ4v) is 3.84. The number of fused-ring (bicyclic) bond motifs is 2. The first-order chi connectivity index (χ1) is 10.5. The zero-order valence-corrected chi connectivity index (χ0v) is 12.1. The van der Waals surface area contributed by atoms with Crippen LogP contribution in [0.5, 0.6) is 0 Å². The molecule has 0 aromatic carbocycles. The van der Waals surface area contributed by atoms with E-state index in [2.05, 4.69) is 14.9 Å². The van der Waals surface area contributed by atoms with Gasteiger partial charge in [-0.05, 0) is 24.7 Å². The second-order valence-corrected chi connectivity index (χ2v) is 6.32. The van der Waals surface area contributed by atoms with E-state index >= 15 is 0 Å². The maximum Gasteiger partial charge on any atom is 0.434 e. The highest BCUT2D eigenvalue weighted by atomic mass is 19.4. The highest BCUT2D eigenvalue weighted by molar-refractivity contribution is 5.65. The molecule has 4 nitrogen and oxygen atoms in total. The van der Waals surface area contributed by atoms with Gasteiger partial charge in [-0.3, -0.25) is 0 Å². The van der Waals surface area contributed by atoms with Crippen LogP contribution in [0, 0.1) is 11.8 Å². The van der Waals surface area contributed by atoms with E-state index in [4.69, 9.17) is 0 Å². The van der Waals surface area contributed by atoms with Gasteiger partial charge in [0.2, 0.25) is 0 Å². The van der Waals surface area contributed by atoms with Crippen molar-refractivity contribution in [3.63, 3.8) is 0 Å². The van der Waals surface area contributed by atoms with Crippen LogP contribution in [-0.2, 0) is 6.18 Å². The van der Waals surface area contributed by atoms with Crippen LogP contribution in [0.1, 0.15) is 31.4 Å². The number of imidazole rings is 1. The normalized spacial score (nSPS) is 25.7. The highest BCUT2D eigenvalue weighted by Gasteiger charge is 2.37. The minimum absolute atomic E-state index is 0.300. The monoisotopic (exact) mass is 310 g/mol. The molecule has 1 aliphatic heterocycles. The van der Waals surface area contributed by atoms with Crippen molar-refractivity contribution < 1.29 is 13.2 Å². The predicted octanol–water partition coefficient (Wildman–Crippen LogP) is 3.37. The topological polar surface area (TPSA) is 33.4 Å². The Bertz CT molecular complexity index is 680. The van der Waals surface area contributed by atoms with Crippen molar-refractivity contribution in [3.05, 3.63) is 24.3 Å². The maximum atomic E-state index is 12.9. The average molecular weight is 310 g/mol. The largest absolute Gasteiger partial charge is 0.434 e. The number of anilines is 1. The van der Waals surface area contributed by atoms with Gasteiger partial charge in [0.05, 0.1) is 0 Å². The molecule has 0 amide bonds. The summed E-state index contributed by atoms with van der Waals surface area (Å²) in [5.41, 5.74) is -0.563. The van der Waals surface area contributed by atoms with E-state index in [9.17, 15) is 13.2 Å². The molecule has 2 aromatic rings. The average Bonchev–Trinajstić information content (AvgIpc) is 3.10. The van der Waals surface area contributed by atoms with Gasteiger partial charge in [-0.15, -0.1) is 0 Å². The molecule has 2 atom stereocenters. The van der Waals surface area contributed by atoms with Gasteiger partial charge in [0.1, 0.15) is 0 Å². The van der Waals surface area contributed by atoms with E-state index in [0.29, 0.717) is 23.3 Å². The molecule has 4 rings (SSSR count). The summed E-state index contributed by atoms with van der Waals surface area (Å²) < 4.78 is 40.0. The summed E-state index contributed by atoms with van der Waals surface area (Å²) in [6.07, 6.45) is 4.61. The Kier molecular flexibility index (Phi) is 3.06. The maximum absolute atomic E-state index is 12.9. The molecule has 118 valence electrons. The Balaban J connectivity index is 1.71. The Morgan fingerprint density at radius 2 is 1.77 bits per heavy atom. The summed E-state index contributed by atoms with van der Waals surface area (Å²) in [4.78, 5) is 10.2. The molecule has 3 heterocycles. The molecule has 22 heavy (non-hydrogen) atoms. The quantitative estimate of drug-likeness (QED) is 0.809. The lowest BCUT2D eigenvalue weighted by molar-refractivity contribution is -0.140. The number of halogens is 3. The fraction of sp³-hybridized carbons (Fsp3) is 0.600. The zero-order valence-electron chi connectivity index (χ0n) is 12.1. The summed E-state index contributed by atoms with van der Waals surface area (Å²) in [5.74, 6) is 1.87. The van der Waals surface area contributed by atoms with Crippen molar-refractivity contribution in [2.24, 2.45) is 11.8 Å². The summed E-state index contributed by atoms with van der Waals surface area (Å²) >= 11 is 0. The third-order valence-corrected chi connectivity index (χ3v) is 4.92. The number of rotatable bonds is 1. The minimum Gasteiger partial charge on any atom is -0.353 e. The van der Waals surface area contributed by atoms with E-state index in [1.165, 1.54) is 36.3 Å². The van der Waals surface area contributed by atoms with Crippen LogP contribution in [0.15, 0.2) is 18.6 Å². The molecule has 2 fully saturated rings. The molecule has 7 heteroatoms. The Labute approximate surface area is 126 Å². The Hall–Kier alpha value is -1.79. The van der Waals surface area contributed by atoms with Crippen LogP contribution >= 0.6 is 0 Å². The first kappa shape index (κ1) is 13.8. The molecule has 2 aliphatic rings. The van der Waals surface area contributed by atoms with Gasteiger partial charge in [-0.1, -0.05) is 12.8 Å². The van der Waals surface area contributed by atoms with Gasteiger partial charge in [-0.25, -0.2) is 9.97 Å². The van der Waals surface area contributed by atoms with Gasteiger partial charge in [-0.2, -0.15) is 13.2 Å². The SMILES string of the molecule is FC(F)(F)c1cn2ccnc(N3CC4CCCCC4C3)c2n1. The summed E-state index contributed by atoms with van der Waals surface area (Å²) in [5, 5.41) is 0. The van der Waals surface area contributed by atoms with Crippen molar-refractivity contribution in [2.75, 3.05) is 18.0 Å². The molecule has 0 radical (unpaired) electrons. The van der Waals surface area contributed by atoms with Gasteiger partial charge in [0.25, 0.3) is 0 Å². The number of nitrogens with zero attached hydrogens (tertiary/aromatic N) is 4. The van der Waals surface area contributed by atoms with E-state index in [1.807, 2.05) is 0 Å². The van der Waals surface area contributed by atoms with Gasteiger partial charge in [0.15, 0.2) is 17.2 Å². The second kappa shape index (κ2) is 4.86. The molecule has 2 aromatic heterocycles. The first-order valence-electron chi connectivity index (χ1n) is 7.68. The van der Waals surface area contributed by atoms with Crippen molar-refractivity contribution in [1.82, 2.24) is 14.4 Å². The molecule has 1 aliphatic carbocycles. The van der Waals surface area contributed by atoms with E-state index in [1.54, 1.807) is 6.20 Å². The zero-order chi connectivity index (χ0) is 15.3. The molecule has 0 bridgehead atoms. The van der Waals surface area contributed by atoms with Crippen LogP contribution in [-0.4, -0.2) is 27.5 Å². The molecular weight excluding hydrogens is 293 g/mol. The smallest absolute Gasteiger partial charge is 0.353 e. The van der Waals surface area contributed by atoms with Crippen molar-refractivity contribution in [1.29, 1.82) is 0 Å². The molecular formula is C15H17F3N4. The predicted molar refractivity (Wildman–Crippen MR) is 75.7 cm³/mol. The summed E-state index contributed by atoms with van der Waals surface area (Å²) in [6, 6.07) is 0. The molecule has 0 N–H and O–H groups in total. The van der Waals surface area contributed by atoms with Crippen LogP contribution < -0.4 is 4.90 Å². The number of hydrogen-bond donors (Lipinski definition) is 0. The third kappa shape index (κ3) is 2.23. The fourth-order valence-electron chi connectivity index (χ4n) is 3.84. The number of aromatic nitrogens is 3. The van der Waals surface area contributed by atoms with Crippen molar-refractivity contribution in [2.45, 2.75) is 31.9 Å². The number of alkyl halides is 3. The standard InChI is InChI=1S/C15H17F3N4/c16-15(17,18)12-9-21-6-5-19-13(14(21)20-12)22-7-10-3-1-2-4-11(10)8-22/h5-6,9-11H,1-4,7-8H2. The lowest BCUT2D eigenvalue weighted by Crippen LogP contribution is -2.22. The van der Waals surface area contributed by atoms with Gasteiger partial charge < -0.3 is 9.30 Å². The van der Waals surface area contributed by atoms with E-state index in [-0.39, 0.29) is 0 Å². The van der Waals surface area contributed by atoms with Crippen LogP contribution in [0.2, 0.25) is 0 Å². The molecule has 1 saturated carbocycles. The van der Waals surface area contributed by atoms with Crippen LogP contribution in [0.3, 0.4) is 0 Å². The van der Waals surface area contributed by atoms with Crippen molar-refractivity contribution in [3.8, 4) is 0 Å². The summed E-state index contributed by atoms with van der Waals surface area (Å²) in [7, 11) is 0. The second-order valence-electron chi connectivity index (χ2n) is 6.32. The van der Waals surface area contributed by atoms with Crippen LogP contribution in [0.25, 0.3) is 5.65 Å². The molecule has 1 saturated heterocycles. The van der Waals surface area contributed by atoms with Crippen LogP contribution in [0.4, 0.5) is 19.0 Å². The lowest BCUT2D eigenvalue weighted by atomic mass is 9.82. The van der Waals surface area contributed by atoms with Gasteiger partial charge >= 0.3 is 6.18 Å². The Morgan fingerprint density at radius 3 is 2.41 bits per heavy atom.